The van der Waals surface area contributed by atoms with Crippen LogP contribution in [0.2, 0.25) is 0 Å². The number of aromatic nitrogens is 3. The Balaban J connectivity index is 1.03. The van der Waals surface area contributed by atoms with Gasteiger partial charge in [-0.15, -0.1) is 0 Å². The van der Waals surface area contributed by atoms with Crippen LogP contribution in [0.4, 0.5) is 19.0 Å². The third kappa shape index (κ3) is 5.27. The van der Waals surface area contributed by atoms with E-state index in [4.69, 9.17) is 14.5 Å². The number of piperazine rings is 1. The van der Waals surface area contributed by atoms with E-state index in [-0.39, 0.29) is 68.6 Å². The molecule has 5 aliphatic heterocycles. The van der Waals surface area contributed by atoms with Crippen molar-refractivity contribution in [3.63, 3.8) is 0 Å². The van der Waals surface area contributed by atoms with Gasteiger partial charge in [0, 0.05) is 48.4 Å². The van der Waals surface area contributed by atoms with E-state index in [9.17, 15) is 9.50 Å². The molecule has 5 aromatic rings. The number of aromatic hydroxyl groups is 1. The molecule has 53 heavy (non-hydrogen) atoms. The second-order valence-electron chi connectivity index (χ2n) is 16.1. The molecule has 0 radical (unpaired) electrons. The maximum absolute atomic E-state index is 16.9. The predicted molar refractivity (Wildman–Crippen MR) is 194 cm³/mol. The first-order chi connectivity index (χ1) is 25.6. The van der Waals surface area contributed by atoms with Crippen LogP contribution in [-0.2, 0) is 16.9 Å². The lowest BCUT2D eigenvalue weighted by Crippen LogP contribution is -2.51. The topological polar surface area (TPSA) is 95.9 Å². The van der Waals surface area contributed by atoms with E-state index in [0.717, 1.165) is 51.1 Å². The highest BCUT2D eigenvalue weighted by Crippen LogP contribution is 2.50. The summed E-state index contributed by atoms with van der Waals surface area (Å²) >= 11 is 0. The van der Waals surface area contributed by atoms with Crippen LogP contribution in [-0.4, -0.2) is 68.8 Å². The fraction of sp³-hybridized carbons (Fsp3) is 0.439. The highest BCUT2D eigenvalue weighted by molar-refractivity contribution is 6.00. The summed E-state index contributed by atoms with van der Waals surface area (Å²) < 4.78 is 59.3. The number of pyridine rings is 1. The fourth-order valence-corrected chi connectivity index (χ4v) is 9.92. The molecule has 0 aliphatic carbocycles. The summed E-state index contributed by atoms with van der Waals surface area (Å²) in [5.41, 5.74) is 2.92. The molecule has 2 N–H and O–H groups in total. The standard InChI is InChI=1S/C41H41F3N6O3/c1-40(2)30-15-22(4-5-24(30)20-53-40)32-10-12-41(11-3-13-50(32)41)21-52-39-47-37-29(38(48-39)49-18-25-7-8-26(19-49)46-25)17-45-36(35(37)44)28-16-27(51)14-23-6-9-31(42)34(43)33(23)28/h4-6,9,14-17,25-26,32,46,51H,3,7-8,10-13,18-21H2,1-2H3/t25-,26+,32?,41?. The molecule has 7 heterocycles. The largest absolute Gasteiger partial charge is 0.508 e. The Bertz CT molecular complexity index is 2310. The van der Waals surface area contributed by atoms with Crippen LogP contribution in [0.1, 0.15) is 75.1 Å². The number of phenolic OH excluding ortho intramolecular Hbond substituents is 1. The highest BCUT2D eigenvalue weighted by atomic mass is 19.2. The molecule has 4 saturated heterocycles. The number of phenols is 1. The minimum absolute atomic E-state index is 0.0257. The summed E-state index contributed by atoms with van der Waals surface area (Å²) in [6.45, 7) is 7.57. The van der Waals surface area contributed by atoms with E-state index in [1.807, 2.05) is 0 Å². The molecule has 12 heteroatoms. The zero-order valence-corrected chi connectivity index (χ0v) is 29.8. The summed E-state index contributed by atoms with van der Waals surface area (Å²) in [5, 5.41) is 14.6. The van der Waals surface area contributed by atoms with Crippen LogP contribution in [0.5, 0.6) is 11.8 Å². The number of fused-ring (bicyclic) bond motifs is 6. The number of benzene rings is 3. The smallest absolute Gasteiger partial charge is 0.319 e. The van der Waals surface area contributed by atoms with Gasteiger partial charge in [-0.2, -0.15) is 9.97 Å². The number of ether oxygens (including phenoxy) is 2. The molecular weight excluding hydrogens is 681 g/mol. The number of halogens is 3. The van der Waals surface area contributed by atoms with Gasteiger partial charge in [-0.3, -0.25) is 9.88 Å². The maximum Gasteiger partial charge on any atom is 0.319 e. The number of nitrogens with zero attached hydrogens (tertiary/aromatic N) is 5. The predicted octanol–water partition coefficient (Wildman–Crippen LogP) is 7.42. The van der Waals surface area contributed by atoms with Crippen LogP contribution >= 0.6 is 0 Å². The van der Waals surface area contributed by atoms with Gasteiger partial charge in [0.1, 0.15) is 29.4 Å². The lowest BCUT2D eigenvalue weighted by atomic mass is 9.91. The Hall–Kier alpha value is -4.52. The molecule has 10 rings (SSSR count). The average Bonchev–Trinajstić information content (AvgIpc) is 3.90. The molecule has 0 saturated carbocycles. The maximum atomic E-state index is 16.9. The summed E-state index contributed by atoms with van der Waals surface area (Å²) in [6, 6.07) is 12.5. The average molecular weight is 723 g/mol. The molecule has 4 fully saturated rings. The van der Waals surface area contributed by atoms with Crippen LogP contribution in [0.3, 0.4) is 0 Å². The number of anilines is 1. The molecule has 0 amide bonds. The van der Waals surface area contributed by atoms with E-state index < -0.39 is 17.5 Å². The van der Waals surface area contributed by atoms with E-state index in [1.54, 1.807) is 0 Å². The fourth-order valence-electron chi connectivity index (χ4n) is 9.92. The third-order valence-electron chi connectivity index (χ3n) is 12.5. The van der Waals surface area contributed by atoms with Gasteiger partial charge >= 0.3 is 6.01 Å². The van der Waals surface area contributed by atoms with Gasteiger partial charge in [-0.05, 0) is 99.2 Å². The first-order valence-electron chi connectivity index (χ1n) is 18.7. The van der Waals surface area contributed by atoms with Crippen LogP contribution < -0.4 is 15.0 Å². The van der Waals surface area contributed by atoms with Gasteiger partial charge in [-0.25, -0.2) is 13.2 Å². The lowest BCUT2D eigenvalue weighted by Gasteiger charge is -2.35. The van der Waals surface area contributed by atoms with Crippen LogP contribution in [0, 0.1) is 17.5 Å². The zero-order chi connectivity index (χ0) is 36.2. The lowest BCUT2D eigenvalue weighted by molar-refractivity contribution is -0.00796. The Morgan fingerprint density at radius 2 is 1.81 bits per heavy atom. The number of hydrogen-bond donors (Lipinski definition) is 2. The second kappa shape index (κ2) is 12.0. The Morgan fingerprint density at radius 1 is 0.981 bits per heavy atom. The molecule has 2 unspecified atom stereocenters. The van der Waals surface area contributed by atoms with E-state index in [1.165, 1.54) is 41.1 Å². The van der Waals surface area contributed by atoms with Crippen molar-refractivity contribution in [2.45, 2.75) is 88.2 Å². The quantitative estimate of drug-likeness (QED) is 0.186. The first-order valence-corrected chi connectivity index (χ1v) is 18.7. The summed E-state index contributed by atoms with van der Waals surface area (Å²) in [6.07, 6.45) is 7.55. The molecule has 3 aromatic carbocycles. The molecule has 274 valence electrons. The van der Waals surface area contributed by atoms with Gasteiger partial charge in [0.05, 0.1) is 23.1 Å². The highest BCUT2D eigenvalue weighted by Gasteiger charge is 2.50. The molecular formula is C41H41F3N6O3. The van der Waals surface area contributed by atoms with E-state index in [0.29, 0.717) is 37.5 Å². The minimum Gasteiger partial charge on any atom is -0.508 e. The normalized spacial score (nSPS) is 26.1. The monoisotopic (exact) mass is 722 g/mol. The first kappa shape index (κ1) is 33.1. The Kier molecular flexibility index (Phi) is 7.49. The Labute approximate surface area is 305 Å². The van der Waals surface area contributed by atoms with E-state index in [2.05, 4.69) is 57.1 Å². The van der Waals surface area contributed by atoms with Crippen molar-refractivity contribution in [3.05, 3.63) is 82.8 Å². The van der Waals surface area contributed by atoms with E-state index >= 15 is 8.78 Å². The molecule has 0 spiro atoms. The van der Waals surface area contributed by atoms with Gasteiger partial charge in [0.15, 0.2) is 17.5 Å². The van der Waals surface area contributed by atoms with Crippen molar-refractivity contribution < 1.29 is 27.8 Å². The summed E-state index contributed by atoms with van der Waals surface area (Å²) in [5.74, 6) is -2.74. The number of nitrogens with one attached hydrogen (secondary N) is 1. The Morgan fingerprint density at radius 3 is 2.64 bits per heavy atom. The number of hydrogen-bond acceptors (Lipinski definition) is 9. The van der Waals surface area contributed by atoms with Crippen LogP contribution in [0.25, 0.3) is 32.9 Å². The second-order valence-corrected chi connectivity index (χ2v) is 16.1. The van der Waals surface area contributed by atoms with Gasteiger partial charge < -0.3 is 24.8 Å². The summed E-state index contributed by atoms with van der Waals surface area (Å²) in [7, 11) is 0. The minimum atomic E-state index is -1.14. The molecule has 9 nitrogen and oxygen atoms in total. The number of rotatable bonds is 6. The van der Waals surface area contributed by atoms with Crippen molar-refractivity contribution in [3.8, 4) is 23.0 Å². The molecule has 5 aliphatic rings. The zero-order valence-electron chi connectivity index (χ0n) is 29.8. The van der Waals surface area contributed by atoms with Gasteiger partial charge in [0.25, 0.3) is 0 Å². The van der Waals surface area contributed by atoms with Gasteiger partial charge in [0.2, 0.25) is 0 Å². The van der Waals surface area contributed by atoms with Crippen molar-refractivity contribution >= 4 is 27.5 Å². The van der Waals surface area contributed by atoms with Crippen molar-refractivity contribution in [1.82, 2.24) is 25.2 Å². The molecule has 4 atom stereocenters. The third-order valence-corrected chi connectivity index (χ3v) is 12.5. The van der Waals surface area contributed by atoms with Gasteiger partial charge in [-0.1, -0.05) is 24.3 Å². The van der Waals surface area contributed by atoms with Crippen molar-refractivity contribution in [2.75, 3.05) is 31.1 Å². The SMILES string of the molecule is CC1(C)OCc2ccc(C3CCC4(COc5nc(N6C[C@H]7CC[C@@H](C6)N7)c6cnc(-c7cc(O)cc8ccc(F)c(F)c78)c(F)c6n5)CCCN34)cc21. The van der Waals surface area contributed by atoms with Crippen LogP contribution in [0.15, 0.2) is 48.7 Å². The molecule has 2 bridgehead atoms. The summed E-state index contributed by atoms with van der Waals surface area (Å²) in [4.78, 5) is 18.8. The van der Waals surface area contributed by atoms with Crippen molar-refractivity contribution in [1.29, 1.82) is 0 Å². The molecule has 2 aromatic heterocycles. The van der Waals surface area contributed by atoms with Crippen molar-refractivity contribution in [2.24, 2.45) is 0 Å².